The molecule has 1 aliphatic heterocycles. The second-order valence-corrected chi connectivity index (χ2v) is 8.92. The van der Waals surface area contributed by atoms with E-state index in [0.29, 0.717) is 23.1 Å². The number of nitrogens with zero attached hydrogens (tertiary/aromatic N) is 1. The Morgan fingerprint density at radius 3 is 2.55 bits per heavy atom. The van der Waals surface area contributed by atoms with Gasteiger partial charge in [0, 0.05) is 20.7 Å². The van der Waals surface area contributed by atoms with E-state index in [0.717, 1.165) is 21.3 Å². The number of carbonyl (C=O) groups is 1. The van der Waals surface area contributed by atoms with Crippen molar-refractivity contribution in [2.45, 2.75) is 12.0 Å². The molecule has 7 heteroatoms. The van der Waals surface area contributed by atoms with Crippen LogP contribution in [0.4, 0.5) is 10.1 Å². The number of rotatable bonds is 5. The zero-order valence-electron chi connectivity index (χ0n) is 15.1. The van der Waals surface area contributed by atoms with Crippen molar-refractivity contribution in [1.29, 1.82) is 0 Å². The molecule has 4 rings (SSSR count). The van der Waals surface area contributed by atoms with Gasteiger partial charge in [0.05, 0.1) is 5.75 Å². The monoisotopic (exact) mass is 491 g/mol. The van der Waals surface area contributed by atoms with Crippen molar-refractivity contribution in [3.63, 3.8) is 0 Å². The lowest BCUT2D eigenvalue weighted by molar-refractivity contribution is -0.115. The fraction of sp³-hybridized carbons (Fsp3) is 0.136. The predicted molar refractivity (Wildman–Crippen MR) is 119 cm³/mol. The Bertz CT molecular complexity index is 1030. The van der Waals surface area contributed by atoms with Gasteiger partial charge in [-0.3, -0.25) is 9.69 Å². The van der Waals surface area contributed by atoms with Gasteiger partial charge < -0.3 is 4.74 Å². The largest absolute Gasteiger partial charge is 0.489 e. The van der Waals surface area contributed by atoms with Gasteiger partial charge in [0.25, 0.3) is 0 Å². The first-order valence-corrected chi connectivity index (χ1v) is 11.1. The Labute approximate surface area is 185 Å². The molecular weight excluding hydrogens is 477 g/mol. The number of halogens is 3. The van der Waals surface area contributed by atoms with E-state index in [2.05, 4.69) is 15.9 Å². The van der Waals surface area contributed by atoms with Crippen LogP contribution in [0.5, 0.6) is 5.75 Å². The van der Waals surface area contributed by atoms with E-state index in [9.17, 15) is 9.18 Å². The van der Waals surface area contributed by atoms with Crippen molar-refractivity contribution in [2.75, 3.05) is 10.7 Å². The molecule has 1 amide bonds. The van der Waals surface area contributed by atoms with Crippen molar-refractivity contribution in [3.8, 4) is 5.75 Å². The van der Waals surface area contributed by atoms with Gasteiger partial charge in [0.15, 0.2) is 0 Å². The molecule has 1 atom stereocenters. The van der Waals surface area contributed by atoms with Crippen LogP contribution in [0.25, 0.3) is 0 Å². The summed E-state index contributed by atoms with van der Waals surface area (Å²) in [6, 6.07) is 19.2. The van der Waals surface area contributed by atoms with Crippen LogP contribution < -0.4 is 9.64 Å². The third-order valence-electron chi connectivity index (χ3n) is 4.52. The Balaban J connectivity index is 1.64. The summed E-state index contributed by atoms with van der Waals surface area (Å²) in [6.07, 6.45) is 0. The fourth-order valence-electron chi connectivity index (χ4n) is 3.12. The summed E-state index contributed by atoms with van der Waals surface area (Å²) in [5.74, 6) is 0.824. The summed E-state index contributed by atoms with van der Waals surface area (Å²) in [5.41, 5.74) is 2.55. The molecule has 29 heavy (non-hydrogen) atoms. The van der Waals surface area contributed by atoms with E-state index in [1.54, 1.807) is 40.9 Å². The highest BCUT2D eigenvalue weighted by atomic mass is 79.9. The van der Waals surface area contributed by atoms with Crippen LogP contribution in [0.3, 0.4) is 0 Å². The Kier molecular flexibility index (Phi) is 6.13. The maximum atomic E-state index is 13.1. The quantitative estimate of drug-likeness (QED) is 0.402. The third kappa shape index (κ3) is 4.60. The summed E-state index contributed by atoms with van der Waals surface area (Å²) in [4.78, 5) is 14.4. The molecule has 0 spiro atoms. The van der Waals surface area contributed by atoms with Gasteiger partial charge in [-0.1, -0.05) is 39.7 Å². The van der Waals surface area contributed by atoms with E-state index in [1.165, 1.54) is 12.1 Å². The van der Waals surface area contributed by atoms with Gasteiger partial charge in [-0.2, -0.15) is 0 Å². The standard InChI is InChI=1S/C22H16BrClFNO2S/c23-15-3-10-20(28-12-14-1-6-17(25)7-2-14)19(11-15)22-26(21(27)13-29-22)18-8-4-16(24)5-9-18/h1-11,22H,12-13H2/t22-/m1/s1. The molecule has 3 nitrogen and oxygen atoms in total. The fourth-order valence-corrected chi connectivity index (χ4v) is 4.82. The Hall–Kier alpha value is -2.02. The second-order valence-electron chi connectivity index (χ2n) is 6.50. The smallest absolute Gasteiger partial charge is 0.238 e. The summed E-state index contributed by atoms with van der Waals surface area (Å²) in [5, 5.41) is 0.403. The zero-order chi connectivity index (χ0) is 20.4. The first-order chi connectivity index (χ1) is 14.0. The molecule has 0 saturated carbocycles. The minimum Gasteiger partial charge on any atom is -0.489 e. The molecule has 148 valence electrons. The zero-order valence-corrected chi connectivity index (χ0v) is 18.3. The van der Waals surface area contributed by atoms with Crippen LogP contribution in [0.1, 0.15) is 16.5 Å². The van der Waals surface area contributed by atoms with E-state index in [4.69, 9.17) is 16.3 Å². The molecule has 0 unspecified atom stereocenters. The van der Waals surface area contributed by atoms with Crippen LogP contribution in [0, 0.1) is 5.82 Å². The average Bonchev–Trinajstić information content (AvgIpc) is 3.10. The predicted octanol–water partition coefficient (Wildman–Crippen LogP) is 6.60. The lowest BCUT2D eigenvalue weighted by Gasteiger charge is -2.26. The van der Waals surface area contributed by atoms with Crippen molar-refractivity contribution < 1.29 is 13.9 Å². The first kappa shape index (κ1) is 20.3. The molecule has 0 radical (unpaired) electrons. The molecule has 1 heterocycles. The van der Waals surface area contributed by atoms with Crippen molar-refractivity contribution in [1.82, 2.24) is 0 Å². The van der Waals surface area contributed by atoms with Gasteiger partial charge >= 0.3 is 0 Å². The molecule has 1 fully saturated rings. The van der Waals surface area contributed by atoms with Crippen LogP contribution in [-0.2, 0) is 11.4 Å². The summed E-state index contributed by atoms with van der Waals surface area (Å²) in [6.45, 7) is 0.307. The SMILES string of the molecule is O=C1CS[C@H](c2cc(Br)ccc2OCc2ccc(F)cc2)N1c1ccc(Cl)cc1. The van der Waals surface area contributed by atoms with Gasteiger partial charge in [0.1, 0.15) is 23.5 Å². The molecule has 0 N–H and O–H groups in total. The maximum Gasteiger partial charge on any atom is 0.238 e. The van der Waals surface area contributed by atoms with Crippen LogP contribution in [-0.4, -0.2) is 11.7 Å². The highest BCUT2D eigenvalue weighted by Crippen LogP contribution is 2.45. The number of ether oxygens (including phenoxy) is 1. The Morgan fingerprint density at radius 1 is 1.10 bits per heavy atom. The number of hydrogen-bond acceptors (Lipinski definition) is 3. The summed E-state index contributed by atoms with van der Waals surface area (Å²) >= 11 is 11.1. The average molecular weight is 493 g/mol. The number of amides is 1. The van der Waals surface area contributed by atoms with Crippen LogP contribution in [0.15, 0.2) is 71.2 Å². The lowest BCUT2D eigenvalue weighted by atomic mass is 10.1. The summed E-state index contributed by atoms with van der Waals surface area (Å²) in [7, 11) is 0. The minimum atomic E-state index is -0.280. The van der Waals surface area contributed by atoms with Crippen LogP contribution in [0.2, 0.25) is 5.02 Å². The topological polar surface area (TPSA) is 29.5 Å². The highest BCUT2D eigenvalue weighted by molar-refractivity contribution is 9.10. The molecule has 1 saturated heterocycles. The van der Waals surface area contributed by atoms with Crippen molar-refractivity contribution in [2.24, 2.45) is 0 Å². The number of hydrogen-bond donors (Lipinski definition) is 0. The first-order valence-electron chi connectivity index (χ1n) is 8.87. The third-order valence-corrected chi connectivity index (χ3v) is 6.46. The molecule has 0 bridgehead atoms. The van der Waals surface area contributed by atoms with E-state index >= 15 is 0 Å². The lowest BCUT2D eigenvalue weighted by Crippen LogP contribution is -2.28. The second kappa shape index (κ2) is 8.78. The molecule has 3 aromatic rings. The molecule has 0 aromatic heterocycles. The normalized spacial score (nSPS) is 16.3. The van der Waals surface area contributed by atoms with Crippen molar-refractivity contribution >= 4 is 50.9 Å². The molecule has 0 aliphatic carbocycles. The van der Waals surface area contributed by atoms with E-state index in [1.807, 2.05) is 30.3 Å². The number of carbonyl (C=O) groups excluding carboxylic acids is 1. The molecular formula is C22H16BrClFNO2S. The maximum absolute atomic E-state index is 13.1. The minimum absolute atomic E-state index is 0.0341. The van der Waals surface area contributed by atoms with Gasteiger partial charge in [0.2, 0.25) is 5.91 Å². The number of anilines is 1. The number of benzene rings is 3. The molecule has 3 aromatic carbocycles. The Morgan fingerprint density at radius 2 is 1.83 bits per heavy atom. The van der Waals surface area contributed by atoms with E-state index in [-0.39, 0.29) is 17.1 Å². The summed E-state index contributed by atoms with van der Waals surface area (Å²) < 4.78 is 20.1. The van der Waals surface area contributed by atoms with Crippen LogP contribution >= 0.6 is 39.3 Å². The van der Waals surface area contributed by atoms with Gasteiger partial charge in [-0.15, -0.1) is 11.8 Å². The van der Waals surface area contributed by atoms with Crippen molar-refractivity contribution in [3.05, 3.63) is 93.2 Å². The van der Waals surface area contributed by atoms with Gasteiger partial charge in [-0.25, -0.2) is 4.39 Å². The number of thioether (sulfide) groups is 1. The molecule has 1 aliphatic rings. The van der Waals surface area contributed by atoms with E-state index < -0.39 is 0 Å². The van der Waals surface area contributed by atoms with Gasteiger partial charge in [-0.05, 0) is 60.2 Å². The highest BCUT2D eigenvalue weighted by Gasteiger charge is 2.35.